The van der Waals surface area contributed by atoms with E-state index in [1.165, 1.54) is 16.8 Å². The van der Waals surface area contributed by atoms with E-state index < -0.39 is 15.6 Å². The number of ether oxygens (including phenoxy) is 1. The Hall–Kier alpha value is -1.41. The maximum absolute atomic E-state index is 12.8. The van der Waals surface area contributed by atoms with E-state index in [0.717, 1.165) is 12.8 Å². The first-order valence-corrected chi connectivity index (χ1v) is 9.25. The van der Waals surface area contributed by atoms with Gasteiger partial charge in [0.05, 0.1) is 12.7 Å². The molecule has 130 valence electrons. The fraction of sp³-hybridized carbons (Fsp3) is 0.733. The van der Waals surface area contributed by atoms with Gasteiger partial charge in [0, 0.05) is 25.8 Å². The van der Waals surface area contributed by atoms with Crippen molar-refractivity contribution in [3.63, 3.8) is 0 Å². The largest absolute Gasteiger partial charge is 0.460 e. The molecular formula is C15H25N3O4S. The molecule has 23 heavy (non-hydrogen) atoms. The molecule has 8 heteroatoms. The van der Waals surface area contributed by atoms with Crippen LogP contribution >= 0.6 is 0 Å². The predicted octanol–water partition coefficient (Wildman–Crippen LogP) is 1.70. The van der Waals surface area contributed by atoms with Gasteiger partial charge in [-0.25, -0.2) is 13.4 Å². The second-order valence-corrected chi connectivity index (χ2v) is 8.77. The molecule has 1 fully saturated rings. The molecular weight excluding hydrogens is 318 g/mol. The third-order valence-corrected chi connectivity index (χ3v) is 5.49. The molecule has 0 N–H and O–H groups in total. The molecule has 0 bridgehead atoms. The number of carbonyl (C=O) groups excluding carboxylic acids is 1. The Balaban J connectivity index is 2.17. The van der Waals surface area contributed by atoms with Crippen LogP contribution in [0.1, 0.15) is 46.5 Å². The third-order valence-electron chi connectivity index (χ3n) is 3.65. The summed E-state index contributed by atoms with van der Waals surface area (Å²) >= 11 is 0. The van der Waals surface area contributed by atoms with Gasteiger partial charge < -0.3 is 9.30 Å². The van der Waals surface area contributed by atoms with E-state index in [4.69, 9.17) is 4.74 Å². The van der Waals surface area contributed by atoms with Crippen LogP contribution in [-0.2, 0) is 26.6 Å². The molecule has 0 saturated carbocycles. The van der Waals surface area contributed by atoms with Crippen molar-refractivity contribution in [2.45, 2.75) is 63.1 Å². The number of rotatable bonds is 4. The van der Waals surface area contributed by atoms with Gasteiger partial charge >= 0.3 is 5.97 Å². The Bertz CT molecular complexity index is 661. The molecule has 1 aromatic rings. The lowest BCUT2D eigenvalue weighted by Gasteiger charge is -2.34. The van der Waals surface area contributed by atoms with Gasteiger partial charge in [0.2, 0.25) is 0 Å². The number of aryl methyl sites for hydroxylation is 1. The number of hydrogen-bond donors (Lipinski definition) is 0. The lowest BCUT2D eigenvalue weighted by atomic mass is 10.0. The number of hydrogen-bond acceptors (Lipinski definition) is 5. The van der Waals surface area contributed by atoms with Crippen LogP contribution in [0.3, 0.4) is 0 Å². The molecule has 2 heterocycles. The van der Waals surface area contributed by atoms with Crippen LogP contribution in [0.5, 0.6) is 0 Å². The standard InChI is InChI=1S/C15H25N3O4S/c1-15(2,3)22-14(19)9-12-7-5-6-8-18(12)23(20,21)13-10-17(4)11-16-13/h10-12H,5-9H2,1-4H3. The van der Waals surface area contributed by atoms with E-state index >= 15 is 0 Å². The van der Waals surface area contributed by atoms with Crippen LogP contribution in [0, 0.1) is 0 Å². The summed E-state index contributed by atoms with van der Waals surface area (Å²) in [4.78, 5) is 16.0. The highest BCUT2D eigenvalue weighted by molar-refractivity contribution is 7.89. The Morgan fingerprint density at radius 1 is 1.39 bits per heavy atom. The van der Waals surface area contributed by atoms with Gasteiger partial charge in [0.1, 0.15) is 5.60 Å². The van der Waals surface area contributed by atoms with Gasteiger partial charge in [-0.05, 0) is 33.6 Å². The summed E-state index contributed by atoms with van der Waals surface area (Å²) in [6, 6.07) is -0.370. The molecule has 1 aliphatic rings. The molecule has 1 unspecified atom stereocenters. The van der Waals surface area contributed by atoms with Gasteiger partial charge in [-0.15, -0.1) is 0 Å². The van der Waals surface area contributed by atoms with Crippen molar-refractivity contribution in [2.75, 3.05) is 6.54 Å². The second kappa shape index (κ2) is 6.60. The number of nitrogens with zero attached hydrogens (tertiary/aromatic N) is 3. The van der Waals surface area contributed by atoms with Crippen molar-refractivity contribution in [2.24, 2.45) is 7.05 Å². The SMILES string of the molecule is Cn1cnc(S(=O)(=O)N2CCCCC2CC(=O)OC(C)(C)C)c1. The molecule has 1 atom stereocenters. The minimum absolute atomic E-state index is 0.0242. The van der Waals surface area contributed by atoms with Crippen molar-refractivity contribution in [1.82, 2.24) is 13.9 Å². The van der Waals surface area contributed by atoms with Gasteiger partial charge in [-0.3, -0.25) is 4.79 Å². The molecule has 0 aromatic carbocycles. The molecule has 0 aliphatic carbocycles. The van der Waals surface area contributed by atoms with Crippen LogP contribution in [0.25, 0.3) is 0 Å². The van der Waals surface area contributed by atoms with Crippen molar-refractivity contribution >= 4 is 16.0 Å². The zero-order chi connectivity index (χ0) is 17.3. The Labute approximate surface area is 137 Å². The summed E-state index contributed by atoms with van der Waals surface area (Å²) in [6.07, 6.45) is 5.36. The van der Waals surface area contributed by atoms with Crippen molar-refractivity contribution < 1.29 is 17.9 Å². The molecule has 0 spiro atoms. The van der Waals surface area contributed by atoms with Gasteiger partial charge in [-0.2, -0.15) is 4.31 Å². The summed E-state index contributed by atoms with van der Waals surface area (Å²) < 4.78 is 33.9. The molecule has 1 aliphatic heterocycles. The second-order valence-electron chi connectivity index (χ2n) is 6.93. The Morgan fingerprint density at radius 2 is 2.09 bits per heavy atom. The van der Waals surface area contributed by atoms with Gasteiger partial charge in [0.25, 0.3) is 10.0 Å². The first-order chi connectivity index (χ1) is 10.6. The van der Waals surface area contributed by atoms with Crippen molar-refractivity contribution in [3.05, 3.63) is 12.5 Å². The van der Waals surface area contributed by atoms with Crippen molar-refractivity contribution in [3.8, 4) is 0 Å². The normalized spacial score (nSPS) is 20.4. The number of imidazole rings is 1. The van der Waals surface area contributed by atoms with Gasteiger partial charge in [-0.1, -0.05) is 6.42 Å². The van der Waals surface area contributed by atoms with E-state index in [9.17, 15) is 13.2 Å². The summed E-state index contributed by atoms with van der Waals surface area (Å²) in [5.41, 5.74) is -0.573. The van der Waals surface area contributed by atoms with E-state index in [-0.39, 0.29) is 23.5 Å². The third kappa shape index (κ3) is 4.54. The minimum atomic E-state index is -3.69. The van der Waals surface area contributed by atoms with E-state index in [1.54, 1.807) is 32.4 Å². The van der Waals surface area contributed by atoms with Crippen LogP contribution in [0.4, 0.5) is 0 Å². The Morgan fingerprint density at radius 3 is 2.65 bits per heavy atom. The highest BCUT2D eigenvalue weighted by atomic mass is 32.2. The van der Waals surface area contributed by atoms with Crippen LogP contribution in [0.2, 0.25) is 0 Å². The Kier molecular flexibility index (Phi) is 5.15. The number of esters is 1. The molecule has 7 nitrogen and oxygen atoms in total. The lowest BCUT2D eigenvalue weighted by Crippen LogP contribution is -2.45. The maximum Gasteiger partial charge on any atom is 0.307 e. The van der Waals surface area contributed by atoms with Gasteiger partial charge in [0.15, 0.2) is 5.03 Å². The smallest absolute Gasteiger partial charge is 0.307 e. The van der Waals surface area contributed by atoms with E-state index in [1.807, 2.05) is 0 Å². The monoisotopic (exact) mass is 343 g/mol. The fourth-order valence-corrected chi connectivity index (χ4v) is 4.37. The molecule has 2 rings (SSSR count). The summed E-state index contributed by atoms with van der Waals surface area (Å²) in [5.74, 6) is -0.370. The predicted molar refractivity (Wildman–Crippen MR) is 85.2 cm³/mol. The van der Waals surface area contributed by atoms with Crippen LogP contribution in [-0.4, -0.2) is 46.4 Å². The first-order valence-electron chi connectivity index (χ1n) is 7.81. The number of piperidine rings is 1. The zero-order valence-corrected chi connectivity index (χ0v) is 15.0. The average molecular weight is 343 g/mol. The quantitative estimate of drug-likeness (QED) is 0.777. The molecule has 1 aromatic heterocycles. The lowest BCUT2D eigenvalue weighted by molar-refractivity contribution is -0.156. The molecule has 1 saturated heterocycles. The molecule has 0 amide bonds. The average Bonchev–Trinajstić information content (AvgIpc) is 2.84. The summed E-state index contributed by atoms with van der Waals surface area (Å²) in [7, 11) is -1.96. The van der Waals surface area contributed by atoms with E-state index in [2.05, 4.69) is 4.98 Å². The maximum atomic E-state index is 12.8. The minimum Gasteiger partial charge on any atom is -0.460 e. The first kappa shape index (κ1) is 17.9. The summed E-state index contributed by atoms with van der Waals surface area (Å²) in [5, 5.41) is 0.0242. The zero-order valence-electron chi connectivity index (χ0n) is 14.2. The highest BCUT2D eigenvalue weighted by Crippen LogP contribution is 2.27. The van der Waals surface area contributed by atoms with Crippen molar-refractivity contribution in [1.29, 1.82) is 0 Å². The van der Waals surface area contributed by atoms with E-state index in [0.29, 0.717) is 13.0 Å². The highest BCUT2D eigenvalue weighted by Gasteiger charge is 2.36. The molecule has 0 radical (unpaired) electrons. The van der Waals surface area contributed by atoms with Crippen LogP contribution in [0.15, 0.2) is 17.6 Å². The number of aromatic nitrogens is 2. The fourth-order valence-electron chi connectivity index (χ4n) is 2.71. The van der Waals surface area contributed by atoms with Crippen LogP contribution < -0.4 is 0 Å². The number of carbonyl (C=O) groups is 1. The summed E-state index contributed by atoms with van der Waals surface area (Å²) in [6.45, 7) is 5.81. The topological polar surface area (TPSA) is 81.5 Å². The number of sulfonamides is 1.